The minimum absolute atomic E-state index is 0.194. The van der Waals surface area contributed by atoms with E-state index in [9.17, 15) is 19.2 Å². The molecule has 0 fully saturated rings. The highest BCUT2D eigenvalue weighted by Gasteiger charge is 2.28. The maximum Gasteiger partial charge on any atom is 0.347 e. The molecular weight excluding hydrogens is 534 g/mol. The van der Waals surface area contributed by atoms with Crippen molar-refractivity contribution in [2.24, 2.45) is 5.10 Å². The molecule has 10 nitrogen and oxygen atoms in total. The van der Waals surface area contributed by atoms with Gasteiger partial charge < -0.3 is 19.5 Å². The number of esters is 2. The molecule has 2 N–H and O–H groups in total. The monoisotopic (exact) mass is 563 g/mol. The van der Waals surface area contributed by atoms with E-state index < -0.39 is 23.8 Å². The van der Waals surface area contributed by atoms with E-state index in [1.54, 1.807) is 55.5 Å². The van der Waals surface area contributed by atoms with Gasteiger partial charge in [0.2, 0.25) is 0 Å². The van der Waals surface area contributed by atoms with Gasteiger partial charge in [-0.25, -0.2) is 15.0 Å². The Labute approximate surface area is 235 Å². The van der Waals surface area contributed by atoms with Crippen LogP contribution in [0, 0.1) is 0 Å². The summed E-state index contributed by atoms with van der Waals surface area (Å²) in [6, 6.07) is 13.2. The number of thiophene rings is 1. The normalized spacial score (nSPS) is 12.7. The van der Waals surface area contributed by atoms with Crippen LogP contribution in [0.1, 0.15) is 62.9 Å². The Morgan fingerprint density at radius 3 is 2.42 bits per heavy atom. The number of ether oxygens (including phenoxy) is 3. The first kappa shape index (κ1) is 28.5. The van der Waals surface area contributed by atoms with Crippen molar-refractivity contribution in [1.82, 2.24) is 5.43 Å². The Morgan fingerprint density at radius 2 is 1.65 bits per heavy atom. The summed E-state index contributed by atoms with van der Waals surface area (Å²) in [5.74, 6) is -2.60. The van der Waals surface area contributed by atoms with E-state index in [-0.39, 0.29) is 17.9 Å². The van der Waals surface area contributed by atoms with Gasteiger partial charge >= 0.3 is 23.8 Å². The number of carbonyl (C=O) groups excluding carboxylic acids is 4. The van der Waals surface area contributed by atoms with Gasteiger partial charge in [0.1, 0.15) is 22.1 Å². The molecule has 0 spiro atoms. The summed E-state index contributed by atoms with van der Waals surface area (Å²) in [5, 5.41) is 6.70. The third kappa shape index (κ3) is 6.73. The van der Waals surface area contributed by atoms with Crippen molar-refractivity contribution < 1.29 is 33.4 Å². The van der Waals surface area contributed by atoms with Crippen molar-refractivity contribution in [3.8, 4) is 11.5 Å². The zero-order valence-electron chi connectivity index (χ0n) is 22.2. The second-order valence-corrected chi connectivity index (χ2v) is 9.88. The molecule has 0 saturated carbocycles. The number of nitrogens with zero attached hydrogens (tertiary/aromatic N) is 1. The van der Waals surface area contributed by atoms with Crippen LogP contribution in [0.5, 0.6) is 11.5 Å². The van der Waals surface area contributed by atoms with Crippen LogP contribution in [0.2, 0.25) is 0 Å². The van der Waals surface area contributed by atoms with Crippen molar-refractivity contribution in [2.45, 2.75) is 39.0 Å². The van der Waals surface area contributed by atoms with Crippen LogP contribution in [0.25, 0.3) is 0 Å². The lowest BCUT2D eigenvalue weighted by molar-refractivity contribution is -0.136. The van der Waals surface area contributed by atoms with Crippen molar-refractivity contribution in [1.29, 1.82) is 0 Å². The van der Waals surface area contributed by atoms with E-state index in [2.05, 4.69) is 15.8 Å². The molecule has 1 heterocycles. The lowest BCUT2D eigenvalue weighted by Crippen LogP contribution is -2.32. The smallest absolute Gasteiger partial charge is 0.347 e. The molecule has 208 valence electrons. The van der Waals surface area contributed by atoms with Gasteiger partial charge in [0.25, 0.3) is 0 Å². The summed E-state index contributed by atoms with van der Waals surface area (Å²) in [5.41, 5.74) is 4.01. The predicted molar refractivity (Wildman–Crippen MR) is 150 cm³/mol. The molecule has 1 aliphatic rings. The average Bonchev–Trinajstić information content (AvgIpc) is 3.13. The van der Waals surface area contributed by atoms with Crippen molar-refractivity contribution in [3.05, 3.63) is 75.7 Å². The van der Waals surface area contributed by atoms with Crippen LogP contribution >= 0.6 is 11.3 Å². The topological polar surface area (TPSA) is 132 Å². The average molecular weight is 564 g/mol. The highest BCUT2D eigenvalue weighted by molar-refractivity contribution is 7.17. The molecule has 4 rings (SSSR count). The fraction of sp³-hybridized carbons (Fsp3) is 0.276. The molecule has 2 aromatic carbocycles. The molecular formula is C29H29N3O7S. The number of rotatable bonds is 8. The second kappa shape index (κ2) is 13.5. The van der Waals surface area contributed by atoms with E-state index >= 15 is 0 Å². The Morgan fingerprint density at radius 1 is 0.925 bits per heavy atom. The number of hydrazone groups is 1. The number of benzene rings is 2. The molecule has 0 bridgehead atoms. The van der Waals surface area contributed by atoms with Crippen molar-refractivity contribution in [3.63, 3.8) is 0 Å². The number of aryl methyl sites for hydroxylation is 1. The molecule has 3 aromatic rings. The van der Waals surface area contributed by atoms with Crippen LogP contribution in [0.4, 0.5) is 5.00 Å². The first-order chi connectivity index (χ1) is 19.4. The summed E-state index contributed by atoms with van der Waals surface area (Å²) in [7, 11) is 1.46. The molecule has 1 aromatic heterocycles. The fourth-order valence-electron chi connectivity index (χ4n) is 4.27. The van der Waals surface area contributed by atoms with Gasteiger partial charge in [0, 0.05) is 10.4 Å². The van der Waals surface area contributed by atoms with E-state index in [0.717, 1.165) is 36.1 Å². The summed E-state index contributed by atoms with van der Waals surface area (Å²) < 4.78 is 16.0. The molecule has 0 atom stereocenters. The number of hydrogen-bond acceptors (Lipinski definition) is 9. The molecule has 1 aliphatic carbocycles. The van der Waals surface area contributed by atoms with Gasteiger partial charge in [0.15, 0.2) is 0 Å². The Bertz CT molecular complexity index is 1450. The maximum atomic E-state index is 12.7. The molecule has 0 aliphatic heterocycles. The van der Waals surface area contributed by atoms with Gasteiger partial charge in [0.05, 0.1) is 25.5 Å². The minimum atomic E-state index is -1.03. The van der Waals surface area contributed by atoms with Crippen LogP contribution in [0.3, 0.4) is 0 Å². The lowest BCUT2D eigenvalue weighted by Gasteiger charge is -2.10. The highest BCUT2D eigenvalue weighted by Crippen LogP contribution is 2.38. The van der Waals surface area contributed by atoms with Crippen molar-refractivity contribution in [2.75, 3.05) is 19.0 Å². The number of fused-ring (bicyclic) bond motifs is 1. The molecule has 0 saturated heterocycles. The maximum absolute atomic E-state index is 12.7. The summed E-state index contributed by atoms with van der Waals surface area (Å²) in [4.78, 5) is 51.6. The summed E-state index contributed by atoms with van der Waals surface area (Å²) in [6.45, 7) is 1.91. The molecule has 2 amide bonds. The minimum Gasteiger partial charge on any atom is -0.496 e. The molecule has 11 heteroatoms. The zero-order chi connectivity index (χ0) is 28.5. The van der Waals surface area contributed by atoms with Crippen LogP contribution < -0.4 is 20.2 Å². The number of carbonyl (C=O) groups is 4. The SMILES string of the molecule is CCOC(=O)c1c(NC(=O)C(=O)N/N=C/c2ccccc2OC(=O)c2ccccc2OC)sc2c1CCCCC2. The zero-order valence-corrected chi connectivity index (χ0v) is 23.0. The number of para-hydroxylation sites is 2. The van der Waals surface area contributed by atoms with E-state index in [1.807, 2.05) is 0 Å². The summed E-state index contributed by atoms with van der Waals surface area (Å²) in [6.07, 6.45) is 5.78. The van der Waals surface area contributed by atoms with E-state index in [1.165, 1.54) is 24.7 Å². The molecule has 40 heavy (non-hydrogen) atoms. The Kier molecular flexibility index (Phi) is 9.63. The Hall–Kier alpha value is -4.51. The highest BCUT2D eigenvalue weighted by atomic mass is 32.1. The van der Waals surface area contributed by atoms with Crippen LogP contribution in [0.15, 0.2) is 53.6 Å². The largest absolute Gasteiger partial charge is 0.496 e. The molecule has 0 unspecified atom stereocenters. The third-order valence-corrected chi connectivity index (χ3v) is 7.36. The second-order valence-electron chi connectivity index (χ2n) is 8.77. The summed E-state index contributed by atoms with van der Waals surface area (Å²) >= 11 is 1.30. The Balaban J connectivity index is 1.43. The van der Waals surface area contributed by atoms with Crippen LogP contribution in [-0.4, -0.2) is 43.7 Å². The van der Waals surface area contributed by atoms with Gasteiger partial charge in [-0.1, -0.05) is 30.7 Å². The first-order valence-electron chi connectivity index (χ1n) is 12.8. The van der Waals surface area contributed by atoms with Gasteiger partial charge in [-0.3, -0.25) is 9.59 Å². The van der Waals surface area contributed by atoms with E-state index in [4.69, 9.17) is 14.2 Å². The van der Waals surface area contributed by atoms with Gasteiger partial charge in [-0.2, -0.15) is 5.10 Å². The number of methoxy groups -OCH3 is 1. The number of anilines is 1. The van der Waals surface area contributed by atoms with E-state index in [0.29, 0.717) is 28.3 Å². The third-order valence-electron chi connectivity index (χ3n) is 6.15. The van der Waals surface area contributed by atoms with Crippen LogP contribution in [-0.2, 0) is 27.2 Å². The predicted octanol–water partition coefficient (Wildman–Crippen LogP) is 4.51. The fourth-order valence-corrected chi connectivity index (χ4v) is 5.54. The standard InChI is InChI=1S/C29H29N3O7S/c1-3-38-29(36)24-20-13-5-4-6-16-23(20)40-27(24)31-25(33)26(34)32-30-17-18-11-7-9-14-21(18)39-28(35)19-12-8-10-15-22(19)37-2/h7-12,14-15,17H,3-6,13,16H2,1-2H3,(H,31,33)(H,32,34)/b30-17+. The quantitative estimate of drug-likeness (QED) is 0.103. The number of nitrogens with one attached hydrogen (secondary N) is 2. The first-order valence-corrected chi connectivity index (χ1v) is 13.6. The lowest BCUT2D eigenvalue weighted by atomic mass is 10.1. The number of hydrogen-bond donors (Lipinski definition) is 2. The van der Waals surface area contributed by atoms with Crippen molar-refractivity contribution >= 4 is 46.3 Å². The number of amides is 2. The van der Waals surface area contributed by atoms with Gasteiger partial charge in [-0.05, 0) is 62.4 Å². The van der Waals surface area contributed by atoms with Gasteiger partial charge in [-0.15, -0.1) is 11.3 Å². The molecule has 0 radical (unpaired) electrons.